The van der Waals surface area contributed by atoms with E-state index >= 15 is 0 Å². The SMILES string of the molecule is COc1cccc(/C=C/C(O)CN2CCOCC2)c1. The first-order chi connectivity index (χ1) is 9.28. The molecule has 104 valence electrons. The van der Waals surface area contributed by atoms with Gasteiger partial charge in [-0.05, 0) is 17.7 Å². The van der Waals surface area contributed by atoms with E-state index in [1.165, 1.54) is 0 Å². The Bertz CT molecular complexity index is 414. The van der Waals surface area contributed by atoms with E-state index in [0.29, 0.717) is 6.54 Å². The number of aliphatic hydroxyl groups excluding tert-OH is 1. The lowest BCUT2D eigenvalue weighted by Crippen LogP contribution is -2.40. The molecule has 0 radical (unpaired) electrons. The van der Waals surface area contributed by atoms with E-state index in [9.17, 15) is 5.11 Å². The summed E-state index contributed by atoms with van der Waals surface area (Å²) >= 11 is 0. The van der Waals surface area contributed by atoms with Crippen molar-refractivity contribution in [3.8, 4) is 5.75 Å². The van der Waals surface area contributed by atoms with Crippen LogP contribution in [0.15, 0.2) is 30.3 Å². The van der Waals surface area contributed by atoms with Gasteiger partial charge in [0.1, 0.15) is 5.75 Å². The largest absolute Gasteiger partial charge is 0.497 e. The third-order valence-electron chi connectivity index (χ3n) is 3.15. The second-order valence-electron chi connectivity index (χ2n) is 4.62. The van der Waals surface area contributed by atoms with E-state index in [-0.39, 0.29) is 0 Å². The fraction of sp³-hybridized carbons (Fsp3) is 0.467. The molecule has 1 aromatic rings. The van der Waals surface area contributed by atoms with Crippen LogP contribution in [0.3, 0.4) is 0 Å². The van der Waals surface area contributed by atoms with Gasteiger partial charge in [-0.25, -0.2) is 0 Å². The molecule has 0 bridgehead atoms. The molecule has 0 aromatic heterocycles. The molecular formula is C15H21NO3. The smallest absolute Gasteiger partial charge is 0.119 e. The highest BCUT2D eigenvalue weighted by atomic mass is 16.5. The first-order valence-electron chi connectivity index (χ1n) is 6.58. The number of methoxy groups -OCH3 is 1. The van der Waals surface area contributed by atoms with Gasteiger partial charge in [0.05, 0.1) is 26.4 Å². The summed E-state index contributed by atoms with van der Waals surface area (Å²) in [4.78, 5) is 2.21. The van der Waals surface area contributed by atoms with Crippen LogP contribution in [-0.2, 0) is 4.74 Å². The van der Waals surface area contributed by atoms with E-state index in [1.54, 1.807) is 7.11 Å². The molecular weight excluding hydrogens is 242 g/mol. The molecule has 1 atom stereocenters. The number of aliphatic hydroxyl groups is 1. The van der Waals surface area contributed by atoms with Crippen LogP contribution in [0.4, 0.5) is 0 Å². The molecule has 2 rings (SSSR count). The van der Waals surface area contributed by atoms with Gasteiger partial charge in [0.15, 0.2) is 0 Å². The predicted octanol–water partition coefficient (Wildman–Crippen LogP) is 1.40. The maximum Gasteiger partial charge on any atom is 0.119 e. The number of morpholine rings is 1. The van der Waals surface area contributed by atoms with Crippen LogP contribution < -0.4 is 4.74 Å². The van der Waals surface area contributed by atoms with Gasteiger partial charge in [-0.3, -0.25) is 4.90 Å². The predicted molar refractivity (Wildman–Crippen MR) is 75.3 cm³/mol. The Morgan fingerprint density at radius 1 is 1.42 bits per heavy atom. The Labute approximate surface area is 114 Å². The van der Waals surface area contributed by atoms with Crippen molar-refractivity contribution in [3.63, 3.8) is 0 Å². The maximum absolute atomic E-state index is 9.99. The number of benzene rings is 1. The van der Waals surface area contributed by atoms with Crippen molar-refractivity contribution < 1.29 is 14.6 Å². The molecule has 19 heavy (non-hydrogen) atoms. The minimum absolute atomic E-state index is 0.454. The topological polar surface area (TPSA) is 41.9 Å². The molecule has 1 fully saturated rings. The van der Waals surface area contributed by atoms with E-state index < -0.39 is 6.10 Å². The number of nitrogens with zero attached hydrogens (tertiary/aromatic N) is 1. The fourth-order valence-corrected chi connectivity index (χ4v) is 2.08. The van der Waals surface area contributed by atoms with Crippen molar-refractivity contribution in [2.45, 2.75) is 6.10 Å². The van der Waals surface area contributed by atoms with Gasteiger partial charge in [0, 0.05) is 19.6 Å². The number of ether oxygens (including phenoxy) is 2. The minimum Gasteiger partial charge on any atom is -0.497 e. The molecule has 1 unspecified atom stereocenters. The van der Waals surface area contributed by atoms with Gasteiger partial charge in [0.25, 0.3) is 0 Å². The molecule has 4 nitrogen and oxygen atoms in total. The molecule has 1 aliphatic heterocycles. The highest BCUT2D eigenvalue weighted by Crippen LogP contribution is 2.14. The van der Waals surface area contributed by atoms with E-state index in [0.717, 1.165) is 37.6 Å². The third-order valence-corrected chi connectivity index (χ3v) is 3.15. The Balaban J connectivity index is 1.86. The molecule has 0 spiro atoms. The van der Waals surface area contributed by atoms with E-state index in [4.69, 9.17) is 9.47 Å². The van der Waals surface area contributed by atoms with E-state index in [2.05, 4.69) is 4.90 Å². The molecule has 0 amide bonds. The summed E-state index contributed by atoms with van der Waals surface area (Å²) in [5.41, 5.74) is 1.03. The summed E-state index contributed by atoms with van der Waals surface area (Å²) in [6.07, 6.45) is 3.29. The molecule has 1 N–H and O–H groups in total. The maximum atomic E-state index is 9.99. The van der Waals surface area contributed by atoms with Gasteiger partial charge >= 0.3 is 0 Å². The Kier molecular flexibility index (Phi) is 5.39. The van der Waals surface area contributed by atoms with Crippen LogP contribution in [-0.4, -0.2) is 56.1 Å². The normalized spacial score (nSPS) is 18.6. The van der Waals surface area contributed by atoms with Gasteiger partial charge in [-0.15, -0.1) is 0 Å². The number of hydrogen-bond acceptors (Lipinski definition) is 4. The van der Waals surface area contributed by atoms with Crippen LogP contribution in [0.2, 0.25) is 0 Å². The third kappa shape index (κ3) is 4.67. The first-order valence-corrected chi connectivity index (χ1v) is 6.58. The summed E-state index contributed by atoms with van der Waals surface area (Å²) in [6, 6.07) is 7.77. The number of rotatable bonds is 5. The molecule has 1 heterocycles. The summed E-state index contributed by atoms with van der Waals surface area (Å²) in [5, 5.41) is 9.99. The molecule has 0 saturated carbocycles. The van der Waals surface area contributed by atoms with E-state index in [1.807, 2.05) is 36.4 Å². The fourth-order valence-electron chi connectivity index (χ4n) is 2.08. The quantitative estimate of drug-likeness (QED) is 0.872. The average Bonchev–Trinajstić information content (AvgIpc) is 2.46. The van der Waals surface area contributed by atoms with Gasteiger partial charge in [-0.1, -0.05) is 24.3 Å². The van der Waals surface area contributed by atoms with Crippen molar-refractivity contribution >= 4 is 6.08 Å². The zero-order chi connectivity index (χ0) is 13.5. The first kappa shape index (κ1) is 14.1. The van der Waals surface area contributed by atoms with Gasteiger partial charge in [-0.2, -0.15) is 0 Å². The molecule has 0 aliphatic carbocycles. The van der Waals surface area contributed by atoms with Crippen molar-refractivity contribution in [1.29, 1.82) is 0 Å². The average molecular weight is 263 g/mol. The van der Waals surface area contributed by atoms with Crippen LogP contribution >= 0.6 is 0 Å². The van der Waals surface area contributed by atoms with Crippen LogP contribution in [0, 0.1) is 0 Å². The summed E-state index contributed by atoms with van der Waals surface area (Å²) in [7, 11) is 1.65. The minimum atomic E-state index is -0.454. The second kappa shape index (κ2) is 7.28. The Morgan fingerprint density at radius 2 is 2.21 bits per heavy atom. The van der Waals surface area contributed by atoms with Crippen molar-refractivity contribution in [2.75, 3.05) is 40.0 Å². The van der Waals surface area contributed by atoms with Crippen LogP contribution in [0.1, 0.15) is 5.56 Å². The van der Waals surface area contributed by atoms with Crippen molar-refractivity contribution in [2.24, 2.45) is 0 Å². The molecule has 1 aliphatic rings. The zero-order valence-electron chi connectivity index (χ0n) is 11.3. The highest BCUT2D eigenvalue weighted by Gasteiger charge is 2.12. The molecule has 4 heteroatoms. The number of hydrogen-bond donors (Lipinski definition) is 1. The lowest BCUT2D eigenvalue weighted by Gasteiger charge is -2.27. The second-order valence-corrected chi connectivity index (χ2v) is 4.62. The number of β-amino-alcohol motifs (C(OH)–C–C–N with tert-alkyl or cyclic N) is 1. The highest BCUT2D eigenvalue weighted by molar-refractivity contribution is 5.52. The van der Waals surface area contributed by atoms with Crippen molar-refractivity contribution in [1.82, 2.24) is 4.90 Å². The monoisotopic (exact) mass is 263 g/mol. The van der Waals surface area contributed by atoms with Crippen LogP contribution in [0.5, 0.6) is 5.75 Å². The summed E-state index contributed by atoms with van der Waals surface area (Å²) in [5.74, 6) is 0.824. The standard InChI is InChI=1S/C15H21NO3/c1-18-15-4-2-3-13(11-15)5-6-14(17)12-16-7-9-19-10-8-16/h2-6,11,14,17H,7-10,12H2,1H3/b6-5+. The lowest BCUT2D eigenvalue weighted by molar-refractivity contribution is 0.0223. The summed E-state index contributed by atoms with van der Waals surface area (Å²) < 4.78 is 10.4. The van der Waals surface area contributed by atoms with Crippen molar-refractivity contribution in [3.05, 3.63) is 35.9 Å². The van der Waals surface area contributed by atoms with Crippen LogP contribution in [0.25, 0.3) is 6.08 Å². The summed E-state index contributed by atoms with van der Waals surface area (Å²) in [6.45, 7) is 3.95. The van der Waals surface area contributed by atoms with Gasteiger partial charge in [0.2, 0.25) is 0 Å². The Hall–Kier alpha value is -1.36. The zero-order valence-corrected chi connectivity index (χ0v) is 11.3. The Morgan fingerprint density at radius 3 is 2.95 bits per heavy atom. The van der Waals surface area contributed by atoms with Gasteiger partial charge < -0.3 is 14.6 Å². The molecule has 1 aromatic carbocycles. The molecule has 1 saturated heterocycles. The lowest BCUT2D eigenvalue weighted by atomic mass is 10.1.